The number of aryl methyl sites for hydroxylation is 3. The molecule has 2 heterocycles. The molecule has 0 saturated heterocycles. The fourth-order valence-electron chi connectivity index (χ4n) is 2.42. The van der Waals surface area contributed by atoms with E-state index in [0.29, 0.717) is 15.6 Å². The van der Waals surface area contributed by atoms with Crippen LogP contribution in [0.25, 0.3) is 5.69 Å². The monoisotopic (exact) mass is 336 g/mol. The van der Waals surface area contributed by atoms with E-state index in [1.807, 2.05) is 51.1 Å². The van der Waals surface area contributed by atoms with E-state index in [0.717, 1.165) is 22.5 Å². The highest BCUT2D eigenvalue weighted by Gasteiger charge is 2.15. The first-order valence-electron chi connectivity index (χ1n) is 7.43. The van der Waals surface area contributed by atoms with Gasteiger partial charge in [0.15, 0.2) is 0 Å². The molecule has 0 aliphatic heterocycles. The maximum atomic E-state index is 12.4. The van der Waals surface area contributed by atoms with Gasteiger partial charge in [0.05, 0.1) is 16.3 Å². The van der Waals surface area contributed by atoms with Gasteiger partial charge in [0.25, 0.3) is 5.91 Å². The molecule has 1 N–H and O–H groups in total. The highest BCUT2D eigenvalue weighted by atomic mass is 32.1. The van der Waals surface area contributed by atoms with Crippen molar-refractivity contribution in [2.45, 2.75) is 20.8 Å². The Bertz CT molecular complexity index is 962. The number of anilines is 1. The number of rotatable bonds is 3. The van der Waals surface area contributed by atoms with Crippen LogP contribution in [0.15, 0.2) is 36.4 Å². The second kappa shape index (κ2) is 6.30. The molecule has 0 aliphatic carbocycles. The highest BCUT2D eigenvalue weighted by molar-refractivity contribution is 7.14. The van der Waals surface area contributed by atoms with Crippen LogP contribution in [0, 0.1) is 32.1 Å². The summed E-state index contributed by atoms with van der Waals surface area (Å²) in [5.41, 5.74) is 3.94. The molecule has 24 heavy (non-hydrogen) atoms. The normalized spacial score (nSPS) is 10.4. The summed E-state index contributed by atoms with van der Waals surface area (Å²) in [7, 11) is 0. The molecule has 120 valence electrons. The third kappa shape index (κ3) is 3.07. The molecule has 0 fully saturated rings. The van der Waals surface area contributed by atoms with E-state index in [2.05, 4.69) is 10.4 Å². The summed E-state index contributed by atoms with van der Waals surface area (Å²) >= 11 is 1.17. The first-order valence-corrected chi connectivity index (χ1v) is 8.25. The Balaban J connectivity index is 1.96. The van der Waals surface area contributed by atoms with Crippen molar-refractivity contribution >= 4 is 23.1 Å². The number of aromatic nitrogens is 2. The standard InChI is InChI=1S/C18H16N4OS/c1-11-4-5-12(2)15(8-11)22-17(9-13(3)21-22)20-18(23)16-7-6-14(10-19)24-16/h4-9H,1-3H3,(H,20,23). The van der Waals surface area contributed by atoms with Crippen molar-refractivity contribution in [1.29, 1.82) is 5.26 Å². The van der Waals surface area contributed by atoms with Gasteiger partial charge in [0.1, 0.15) is 16.8 Å². The molecule has 0 saturated carbocycles. The van der Waals surface area contributed by atoms with Crippen molar-refractivity contribution in [1.82, 2.24) is 9.78 Å². The summed E-state index contributed by atoms with van der Waals surface area (Å²) < 4.78 is 1.74. The number of hydrogen-bond donors (Lipinski definition) is 1. The zero-order valence-corrected chi connectivity index (χ0v) is 14.4. The minimum atomic E-state index is -0.243. The zero-order valence-electron chi connectivity index (χ0n) is 13.6. The average Bonchev–Trinajstić information content (AvgIpc) is 3.16. The van der Waals surface area contributed by atoms with Gasteiger partial charge < -0.3 is 5.32 Å². The molecule has 0 aliphatic rings. The SMILES string of the molecule is Cc1ccc(C)c(-n2nc(C)cc2NC(=O)c2ccc(C#N)s2)c1. The Morgan fingerprint density at radius 3 is 2.71 bits per heavy atom. The summed E-state index contributed by atoms with van der Waals surface area (Å²) in [6.45, 7) is 5.92. The number of carbonyl (C=O) groups excluding carboxylic acids is 1. The molecule has 1 aromatic carbocycles. The molecule has 5 nitrogen and oxygen atoms in total. The molecule has 0 radical (unpaired) electrons. The molecule has 2 aromatic heterocycles. The summed E-state index contributed by atoms with van der Waals surface area (Å²) in [5, 5.41) is 16.3. The molecule has 0 spiro atoms. The van der Waals surface area contributed by atoms with Gasteiger partial charge >= 0.3 is 0 Å². The van der Waals surface area contributed by atoms with Gasteiger partial charge in [0.2, 0.25) is 0 Å². The van der Waals surface area contributed by atoms with Gasteiger partial charge in [-0.15, -0.1) is 11.3 Å². The van der Waals surface area contributed by atoms with Gasteiger partial charge in [0, 0.05) is 6.07 Å². The number of nitrogens with zero attached hydrogens (tertiary/aromatic N) is 3. The number of thiophene rings is 1. The highest BCUT2D eigenvalue weighted by Crippen LogP contribution is 2.23. The van der Waals surface area contributed by atoms with Crippen molar-refractivity contribution in [3.8, 4) is 11.8 Å². The van der Waals surface area contributed by atoms with E-state index in [1.165, 1.54) is 11.3 Å². The molecule has 6 heteroatoms. The van der Waals surface area contributed by atoms with E-state index < -0.39 is 0 Å². The van der Waals surface area contributed by atoms with Crippen LogP contribution in [0.4, 0.5) is 5.82 Å². The number of nitrogens with one attached hydrogen (secondary N) is 1. The predicted molar refractivity (Wildman–Crippen MR) is 94.8 cm³/mol. The first kappa shape index (κ1) is 16.0. The second-order valence-electron chi connectivity index (χ2n) is 5.60. The van der Waals surface area contributed by atoms with Gasteiger partial charge in [-0.2, -0.15) is 10.4 Å². The lowest BCUT2D eigenvalue weighted by atomic mass is 10.1. The number of benzene rings is 1. The van der Waals surface area contributed by atoms with E-state index in [4.69, 9.17) is 5.26 Å². The number of carbonyl (C=O) groups is 1. The topological polar surface area (TPSA) is 70.7 Å². The van der Waals surface area contributed by atoms with Crippen molar-refractivity contribution in [2.24, 2.45) is 0 Å². The van der Waals surface area contributed by atoms with Gasteiger partial charge in [-0.1, -0.05) is 12.1 Å². The second-order valence-corrected chi connectivity index (χ2v) is 6.69. The van der Waals surface area contributed by atoms with Crippen LogP contribution in [-0.2, 0) is 0 Å². The van der Waals surface area contributed by atoms with Crippen molar-refractivity contribution in [3.05, 3.63) is 63.0 Å². The first-order chi connectivity index (χ1) is 11.5. The van der Waals surface area contributed by atoms with Crippen LogP contribution in [0.2, 0.25) is 0 Å². The summed E-state index contributed by atoms with van der Waals surface area (Å²) in [4.78, 5) is 13.4. The fraction of sp³-hybridized carbons (Fsp3) is 0.167. The third-order valence-electron chi connectivity index (χ3n) is 3.61. The molecule has 3 aromatic rings. The van der Waals surface area contributed by atoms with Gasteiger partial charge in [-0.25, -0.2) is 4.68 Å². The fourth-order valence-corrected chi connectivity index (χ4v) is 3.12. The molecular weight excluding hydrogens is 320 g/mol. The number of nitriles is 1. The average molecular weight is 336 g/mol. The maximum absolute atomic E-state index is 12.4. The molecule has 0 unspecified atom stereocenters. The Labute approximate surface area is 144 Å². The van der Waals surface area contributed by atoms with Crippen LogP contribution in [0.1, 0.15) is 31.4 Å². The third-order valence-corrected chi connectivity index (χ3v) is 4.59. The Morgan fingerprint density at radius 1 is 1.21 bits per heavy atom. The van der Waals surface area contributed by atoms with Crippen LogP contribution < -0.4 is 5.32 Å². The lowest BCUT2D eigenvalue weighted by Gasteiger charge is -2.11. The van der Waals surface area contributed by atoms with Crippen molar-refractivity contribution in [2.75, 3.05) is 5.32 Å². The van der Waals surface area contributed by atoms with Gasteiger partial charge in [-0.3, -0.25) is 4.79 Å². The van der Waals surface area contributed by atoms with E-state index >= 15 is 0 Å². The molecule has 3 rings (SSSR count). The lowest BCUT2D eigenvalue weighted by molar-refractivity contribution is 0.103. The molecule has 1 amide bonds. The number of amides is 1. The number of hydrogen-bond acceptors (Lipinski definition) is 4. The van der Waals surface area contributed by atoms with Crippen LogP contribution in [0.5, 0.6) is 0 Å². The predicted octanol–water partition coefficient (Wildman–Crippen LogP) is 3.98. The molecule has 0 bridgehead atoms. The van der Waals surface area contributed by atoms with Gasteiger partial charge in [-0.05, 0) is 50.1 Å². The molecule has 0 atom stereocenters. The molecular formula is C18H16N4OS. The van der Waals surface area contributed by atoms with E-state index in [9.17, 15) is 4.79 Å². The summed E-state index contributed by atoms with van der Waals surface area (Å²) in [6.07, 6.45) is 0. The Morgan fingerprint density at radius 2 is 2.00 bits per heavy atom. The summed E-state index contributed by atoms with van der Waals surface area (Å²) in [6, 6.07) is 13.3. The van der Waals surface area contributed by atoms with Crippen molar-refractivity contribution in [3.63, 3.8) is 0 Å². The van der Waals surface area contributed by atoms with Crippen LogP contribution in [0.3, 0.4) is 0 Å². The minimum Gasteiger partial charge on any atom is -0.306 e. The quantitative estimate of drug-likeness (QED) is 0.786. The lowest BCUT2D eigenvalue weighted by Crippen LogP contribution is -2.14. The Hall–Kier alpha value is -2.91. The summed E-state index contributed by atoms with van der Waals surface area (Å²) in [5.74, 6) is 0.367. The van der Waals surface area contributed by atoms with Crippen molar-refractivity contribution < 1.29 is 4.79 Å². The zero-order chi connectivity index (χ0) is 17.3. The Kier molecular flexibility index (Phi) is 4.19. The minimum absolute atomic E-state index is 0.243. The van der Waals surface area contributed by atoms with E-state index in [-0.39, 0.29) is 5.91 Å². The largest absolute Gasteiger partial charge is 0.306 e. The van der Waals surface area contributed by atoms with Crippen LogP contribution >= 0.6 is 11.3 Å². The smallest absolute Gasteiger partial charge is 0.266 e. The van der Waals surface area contributed by atoms with E-state index in [1.54, 1.807) is 16.8 Å². The maximum Gasteiger partial charge on any atom is 0.266 e. The van der Waals surface area contributed by atoms with Crippen LogP contribution in [-0.4, -0.2) is 15.7 Å².